The number of benzene rings is 6. The van der Waals surface area contributed by atoms with Crippen LogP contribution in [-0.2, 0) is 18.9 Å². The van der Waals surface area contributed by atoms with E-state index in [1.807, 2.05) is 161 Å². The van der Waals surface area contributed by atoms with Crippen LogP contribution in [-0.4, -0.2) is 118 Å². The van der Waals surface area contributed by atoms with Gasteiger partial charge in [0.1, 0.15) is 0 Å². The van der Waals surface area contributed by atoms with Crippen LogP contribution in [0.2, 0.25) is 15.1 Å². The molecule has 18 nitrogen and oxygen atoms in total. The number of amides is 2. The van der Waals surface area contributed by atoms with Crippen LogP contribution in [0, 0.1) is 19.7 Å². The molecule has 3 atom stereocenters. The summed E-state index contributed by atoms with van der Waals surface area (Å²) in [5.41, 5.74) is 7.74. The molecule has 588 valence electrons. The van der Waals surface area contributed by atoms with Crippen LogP contribution in [0.3, 0.4) is 0 Å². The van der Waals surface area contributed by atoms with Crippen molar-refractivity contribution in [2.45, 2.75) is 179 Å². The van der Waals surface area contributed by atoms with Crippen LogP contribution in [0.1, 0.15) is 166 Å². The van der Waals surface area contributed by atoms with E-state index in [-0.39, 0.29) is 98.2 Å². The lowest BCUT2D eigenvalue weighted by molar-refractivity contribution is -0.127. The maximum Gasteiger partial charge on any atom is 0.496 e. The van der Waals surface area contributed by atoms with Gasteiger partial charge in [0.05, 0.1) is 91.6 Å². The average molecular weight is 1700 g/mol. The van der Waals surface area contributed by atoms with E-state index in [1.54, 1.807) is 23.5 Å². The van der Waals surface area contributed by atoms with Gasteiger partial charge in [0.25, 0.3) is 33.7 Å². The molecule has 0 radical (unpaired) electrons. The van der Waals surface area contributed by atoms with Crippen LogP contribution in [0.4, 0.5) is 34.1 Å². The van der Waals surface area contributed by atoms with E-state index in [0.717, 1.165) is 80.3 Å². The van der Waals surface area contributed by atoms with Gasteiger partial charge in [-0.3, -0.25) is 37.7 Å². The Balaban J connectivity index is 0.000000211. The van der Waals surface area contributed by atoms with Crippen molar-refractivity contribution >= 4 is 158 Å². The molecular weight excluding hydrogens is 1600 g/mol. The third-order valence-electron chi connectivity index (χ3n) is 21.7. The molecule has 6 aromatic carbocycles. The monoisotopic (exact) mass is 1700 g/mol. The number of para-hydroxylation sites is 3. The van der Waals surface area contributed by atoms with Crippen molar-refractivity contribution in [1.82, 2.24) is 23.5 Å². The van der Waals surface area contributed by atoms with Crippen LogP contribution in [0.5, 0.6) is 0 Å². The Labute approximate surface area is 692 Å². The SMILES string of the molecule is C.C.C.[C-]#[N+]c1c(N2CCCC[C@@H]2C)c2cc(Cl)c(Br)cc2n(-c2ccccc2C(C)C)c1=O.[C-]#[N+]c1c(N2CCN(C(=O)C=C)C[C@@H]2C)c2cc(Cl)c(B3OC(C)(C)C(C)(C)O3)cc2n(-c2ccccc2C(C)C)c1=O.[C-]#[N+]c1c(N2CCN(C(=O)C=C)C[C@@H]2C)c2cc(Cl)c(Br)cc2n(-c2ccccc2C(C)C)c1=O. The maximum absolute atomic E-state index is 14.5. The predicted molar refractivity (Wildman–Crippen MR) is 474 cm³/mol. The molecule has 13 rings (SSSR count). The van der Waals surface area contributed by atoms with Crippen molar-refractivity contribution in [3.63, 3.8) is 0 Å². The number of anilines is 3. The number of fused-ring (bicyclic) bond motifs is 3. The lowest BCUT2D eigenvalue weighted by Gasteiger charge is -2.42. The highest BCUT2D eigenvalue weighted by atomic mass is 79.9. The first-order chi connectivity index (χ1) is 51.8. The second-order valence-corrected chi connectivity index (χ2v) is 33.1. The Hall–Kier alpha value is -8.95. The number of carbonyl (C=O) groups excluding carboxylic acids is 2. The van der Waals surface area contributed by atoms with Gasteiger partial charge < -0.3 is 33.8 Å². The summed E-state index contributed by atoms with van der Waals surface area (Å²) in [5.74, 6) is 0.263. The van der Waals surface area contributed by atoms with E-state index in [4.69, 9.17) is 63.8 Å². The van der Waals surface area contributed by atoms with Gasteiger partial charge in [-0.25, -0.2) is 14.5 Å². The van der Waals surface area contributed by atoms with Gasteiger partial charge >= 0.3 is 7.12 Å². The third-order valence-corrected chi connectivity index (χ3v) is 24.4. The van der Waals surface area contributed by atoms with Gasteiger partial charge in [0, 0.05) is 99.5 Å². The topological polar surface area (TPSA) is 148 Å². The van der Waals surface area contributed by atoms with E-state index < -0.39 is 23.9 Å². The van der Waals surface area contributed by atoms with E-state index in [9.17, 15) is 24.0 Å². The van der Waals surface area contributed by atoms with Crippen molar-refractivity contribution in [3.05, 3.63) is 241 Å². The Kier molecular flexibility index (Phi) is 28.5. The highest BCUT2D eigenvalue weighted by molar-refractivity contribution is 9.11. The van der Waals surface area contributed by atoms with E-state index in [2.05, 4.69) is 113 Å². The molecule has 7 heterocycles. The molecule has 0 unspecified atom stereocenters. The number of aromatic nitrogens is 3. The Morgan fingerprint density at radius 1 is 0.500 bits per heavy atom. The summed E-state index contributed by atoms with van der Waals surface area (Å²) in [6, 6.07) is 34.6. The number of nitrogens with zero attached hydrogens (tertiary/aromatic N) is 11. The standard InChI is InChI=1S/C33H38BClN4O4.C27H26BrClN4O2.C25H25BrClN3O.3CH4/c1-10-28(40)37-15-16-38(21(4)19-37)30-23-17-25(35)24(34-42-32(5,6)33(7,8)43-34)18-27(23)39(31(41)29(30)36-9)26-14-12-11-13-22(26)20(2)3;1-6-24(34)31-11-12-32(17(4)15-31)26-19-13-21(29)20(28)14-23(19)33(27(35)25(26)30-5)22-10-8-7-9-18(22)16(2)3;1-15(2)17-10-5-6-11-21(17)30-22-14-19(26)20(27)13-18(22)24(23(28-4)25(30)31)29-12-8-7-9-16(29)3;;;/h10-14,17-18,20-21H,1,15-16,19H2,2-8H3;6-10,13-14,16-17H,1,11-12,15H2,2-4H3;5-6,10-11,13-16H,7-9,12H2,1-3H3;3*1H4/t21-;17-;16-;;;/m000.../s1. The average Bonchev–Trinajstić information content (AvgIpc) is 0.918. The number of piperazine rings is 2. The van der Waals surface area contributed by atoms with Crippen molar-refractivity contribution in [2.75, 3.05) is 60.5 Å². The molecule has 0 aliphatic carbocycles. The van der Waals surface area contributed by atoms with Crippen LogP contribution >= 0.6 is 66.7 Å². The minimum absolute atomic E-state index is 0. The molecule has 0 spiro atoms. The van der Waals surface area contributed by atoms with E-state index in [1.165, 1.54) is 12.2 Å². The smallest absolute Gasteiger partial charge is 0.399 e. The fourth-order valence-electron chi connectivity index (χ4n) is 15.4. The largest absolute Gasteiger partial charge is 0.496 e. The molecule has 9 aromatic rings. The molecule has 3 aromatic heterocycles. The zero-order chi connectivity index (χ0) is 79.2. The summed E-state index contributed by atoms with van der Waals surface area (Å²) >= 11 is 27.1. The summed E-state index contributed by atoms with van der Waals surface area (Å²) in [6.45, 7) is 61.4. The van der Waals surface area contributed by atoms with Crippen molar-refractivity contribution < 1.29 is 18.9 Å². The molecule has 4 aliphatic heterocycles. The zero-order valence-electron chi connectivity index (χ0n) is 63.7. The van der Waals surface area contributed by atoms with Crippen LogP contribution in [0.15, 0.2) is 158 Å². The highest BCUT2D eigenvalue weighted by Gasteiger charge is 2.52. The molecule has 4 aliphatic rings. The van der Waals surface area contributed by atoms with Gasteiger partial charge in [0.15, 0.2) is 0 Å². The number of halogens is 5. The highest BCUT2D eigenvalue weighted by Crippen LogP contribution is 2.46. The number of carbonyl (C=O) groups is 2. The molecule has 0 saturated carbocycles. The first-order valence-electron chi connectivity index (χ1n) is 36.7. The Bertz CT molecular complexity index is 5470. The second-order valence-electron chi connectivity index (χ2n) is 30.1. The maximum atomic E-state index is 14.5. The fourth-order valence-corrected chi connectivity index (χ4v) is 16.6. The molecule has 24 heteroatoms. The van der Waals surface area contributed by atoms with Gasteiger partial charge in [-0.2, -0.15) is 0 Å². The van der Waals surface area contributed by atoms with Crippen LogP contribution < -0.4 is 36.8 Å². The van der Waals surface area contributed by atoms with Gasteiger partial charge in [0.2, 0.25) is 11.8 Å². The molecule has 4 fully saturated rings. The van der Waals surface area contributed by atoms with E-state index >= 15 is 0 Å². The minimum atomic E-state index is -0.748. The van der Waals surface area contributed by atoms with Gasteiger partial charge in [-0.15, -0.1) is 0 Å². The van der Waals surface area contributed by atoms with Crippen molar-refractivity contribution in [3.8, 4) is 17.1 Å². The molecule has 112 heavy (non-hydrogen) atoms. The lowest BCUT2D eigenvalue weighted by Crippen LogP contribution is -2.53. The molecule has 2 amide bonds. The summed E-state index contributed by atoms with van der Waals surface area (Å²) in [5, 5.41) is 3.70. The third kappa shape index (κ3) is 16.7. The fraction of sp³-hybridized carbons (Fsp3) is 0.386. The van der Waals surface area contributed by atoms with E-state index in [0.29, 0.717) is 97.8 Å². The predicted octanol–water partition coefficient (Wildman–Crippen LogP) is 21.5. The summed E-state index contributed by atoms with van der Waals surface area (Å²) in [4.78, 5) is 87.9. The number of hydrogen-bond acceptors (Lipinski definition) is 10. The second kappa shape index (κ2) is 36.0. The van der Waals surface area contributed by atoms with Gasteiger partial charge in [-0.05, 0) is 201 Å². The Morgan fingerprint density at radius 3 is 1.13 bits per heavy atom. The summed E-state index contributed by atoms with van der Waals surface area (Å²) in [7, 11) is -0.748. The summed E-state index contributed by atoms with van der Waals surface area (Å²) < 4.78 is 19.1. The number of hydrogen-bond donors (Lipinski definition) is 0. The quantitative estimate of drug-likeness (QED) is 0.0657. The molecule has 0 N–H and O–H groups in total. The Morgan fingerprint density at radius 2 is 0.821 bits per heavy atom. The zero-order valence-corrected chi connectivity index (χ0v) is 69.2. The minimum Gasteiger partial charge on any atom is -0.399 e. The first kappa shape index (κ1) is 88.6. The molecular formula is C88H101BBr2Cl3N11O7. The van der Waals surface area contributed by atoms with Gasteiger partial charge in [-0.1, -0.05) is 166 Å². The molecule has 4 saturated heterocycles. The van der Waals surface area contributed by atoms with Crippen molar-refractivity contribution in [1.29, 1.82) is 0 Å². The van der Waals surface area contributed by atoms with Crippen molar-refractivity contribution in [2.24, 2.45) is 0 Å². The lowest BCUT2D eigenvalue weighted by atomic mass is 9.78. The number of pyridine rings is 3. The molecule has 0 bridgehead atoms. The first-order valence-corrected chi connectivity index (χ1v) is 39.4. The number of piperidine rings is 1. The van der Waals surface area contributed by atoms with Crippen LogP contribution in [0.25, 0.3) is 64.3 Å². The number of rotatable bonds is 12. The normalized spacial score (nSPS) is 17.1. The summed E-state index contributed by atoms with van der Waals surface area (Å²) in [6.07, 6.45) is 5.88.